The molecule has 0 spiro atoms. The average Bonchev–Trinajstić information content (AvgIpc) is 2.38. The number of nitrogens with one attached hydrogen (secondary N) is 2. The molecule has 2 N–H and O–H groups in total. The molecular formula is C16H28N2O2S. The summed E-state index contributed by atoms with van der Waals surface area (Å²) in [5, 5.41) is 3.07. The molecule has 4 nitrogen and oxygen atoms in total. The van der Waals surface area contributed by atoms with Crippen molar-refractivity contribution in [1.29, 1.82) is 0 Å². The molecule has 0 aliphatic heterocycles. The van der Waals surface area contributed by atoms with E-state index >= 15 is 0 Å². The van der Waals surface area contributed by atoms with Gasteiger partial charge < -0.3 is 5.32 Å². The lowest BCUT2D eigenvalue weighted by Gasteiger charge is -2.18. The van der Waals surface area contributed by atoms with Crippen LogP contribution in [0, 0.1) is 25.7 Å². The summed E-state index contributed by atoms with van der Waals surface area (Å²) in [6.07, 6.45) is 0. The zero-order valence-electron chi connectivity index (χ0n) is 13.9. The van der Waals surface area contributed by atoms with Crippen LogP contribution in [-0.2, 0) is 16.6 Å². The topological polar surface area (TPSA) is 58.2 Å². The quantitative estimate of drug-likeness (QED) is 0.813. The molecule has 0 bridgehead atoms. The predicted octanol–water partition coefficient (Wildman–Crippen LogP) is 2.59. The second kappa shape index (κ2) is 7.38. The zero-order chi connectivity index (χ0) is 16.2. The summed E-state index contributed by atoms with van der Waals surface area (Å²) in [4.78, 5) is 0.384. The number of hydrogen-bond donors (Lipinski definition) is 2. The van der Waals surface area contributed by atoms with Crippen LogP contribution in [0.15, 0.2) is 17.0 Å². The number of hydrogen-bond acceptors (Lipinski definition) is 3. The van der Waals surface area contributed by atoms with Crippen LogP contribution < -0.4 is 10.0 Å². The van der Waals surface area contributed by atoms with E-state index in [0.29, 0.717) is 29.8 Å². The predicted molar refractivity (Wildman–Crippen MR) is 87.9 cm³/mol. The largest absolute Gasteiger partial charge is 0.316 e. The minimum atomic E-state index is -3.45. The van der Waals surface area contributed by atoms with E-state index in [2.05, 4.69) is 30.8 Å². The molecule has 0 fully saturated rings. The van der Waals surface area contributed by atoms with Crippen molar-refractivity contribution in [2.75, 3.05) is 13.6 Å². The highest BCUT2D eigenvalue weighted by Gasteiger charge is 2.19. The summed E-state index contributed by atoms with van der Waals surface area (Å²) in [6.45, 7) is 11.2. The van der Waals surface area contributed by atoms with E-state index in [1.54, 1.807) is 6.07 Å². The van der Waals surface area contributed by atoms with Crippen LogP contribution >= 0.6 is 0 Å². The lowest BCUT2D eigenvalue weighted by molar-refractivity contribution is 0.414. The molecule has 0 aromatic heterocycles. The van der Waals surface area contributed by atoms with Gasteiger partial charge in [-0.2, -0.15) is 0 Å². The van der Waals surface area contributed by atoms with E-state index in [4.69, 9.17) is 0 Å². The molecule has 21 heavy (non-hydrogen) atoms. The van der Waals surface area contributed by atoms with E-state index in [0.717, 1.165) is 16.7 Å². The van der Waals surface area contributed by atoms with Crippen LogP contribution in [0.4, 0.5) is 0 Å². The number of sulfonamides is 1. The highest BCUT2D eigenvalue weighted by molar-refractivity contribution is 7.89. The molecule has 1 unspecified atom stereocenters. The minimum Gasteiger partial charge on any atom is -0.316 e. The molecule has 1 atom stereocenters. The van der Waals surface area contributed by atoms with E-state index < -0.39 is 10.0 Å². The Morgan fingerprint density at radius 3 is 2.24 bits per heavy atom. The SMILES string of the molecule is CNCc1cc(S(=O)(=O)NCC(C)C(C)C)c(C)cc1C. The van der Waals surface area contributed by atoms with Crippen LogP contribution in [0.5, 0.6) is 0 Å². The van der Waals surface area contributed by atoms with Gasteiger partial charge in [0.1, 0.15) is 0 Å². The second-order valence-corrected chi connectivity index (χ2v) is 7.88. The van der Waals surface area contributed by atoms with Crippen molar-refractivity contribution in [2.45, 2.75) is 46.1 Å². The van der Waals surface area contributed by atoms with Crippen molar-refractivity contribution in [3.8, 4) is 0 Å². The first kappa shape index (κ1) is 18.1. The van der Waals surface area contributed by atoms with Crippen molar-refractivity contribution < 1.29 is 8.42 Å². The highest BCUT2D eigenvalue weighted by Crippen LogP contribution is 2.21. The first-order valence-corrected chi connectivity index (χ1v) is 8.91. The van der Waals surface area contributed by atoms with Crippen LogP contribution in [0.3, 0.4) is 0 Å². The van der Waals surface area contributed by atoms with Crippen molar-refractivity contribution in [3.63, 3.8) is 0 Å². The van der Waals surface area contributed by atoms with Gasteiger partial charge in [-0.05, 0) is 55.5 Å². The third-order valence-corrected chi connectivity index (χ3v) is 5.59. The maximum Gasteiger partial charge on any atom is 0.240 e. The Morgan fingerprint density at radius 1 is 1.10 bits per heavy atom. The van der Waals surface area contributed by atoms with Gasteiger partial charge in [0, 0.05) is 13.1 Å². The monoisotopic (exact) mass is 312 g/mol. The van der Waals surface area contributed by atoms with Crippen molar-refractivity contribution in [3.05, 3.63) is 28.8 Å². The summed E-state index contributed by atoms with van der Waals surface area (Å²) >= 11 is 0. The first-order valence-electron chi connectivity index (χ1n) is 7.43. The van der Waals surface area contributed by atoms with Gasteiger partial charge in [-0.3, -0.25) is 0 Å². The molecule has 5 heteroatoms. The van der Waals surface area contributed by atoms with Gasteiger partial charge in [-0.1, -0.05) is 26.8 Å². The lowest BCUT2D eigenvalue weighted by Crippen LogP contribution is -2.30. The van der Waals surface area contributed by atoms with Gasteiger partial charge >= 0.3 is 0 Å². The molecule has 1 aromatic carbocycles. The summed E-state index contributed by atoms with van der Waals surface area (Å²) < 4.78 is 27.8. The average molecular weight is 312 g/mol. The van der Waals surface area contributed by atoms with Gasteiger partial charge in [0.2, 0.25) is 10.0 Å². The smallest absolute Gasteiger partial charge is 0.240 e. The van der Waals surface area contributed by atoms with Gasteiger partial charge in [0.25, 0.3) is 0 Å². The molecule has 0 radical (unpaired) electrons. The molecule has 0 saturated heterocycles. The fraction of sp³-hybridized carbons (Fsp3) is 0.625. The lowest BCUT2D eigenvalue weighted by atomic mass is 9.99. The van der Waals surface area contributed by atoms with Crippen molar-refractivity contribution in [1.82, 2.24) is 10.0 Å². The summed E-state index contributed by atoms with van der Waals surface area (Å²) in [6, 6.07) is 3.72. The normalized spacial score (nSPS) is 13.7. The minimum absolute atomic E-state index is 0.308. The molecule has 0 aliphatic rings. The molecule has 0 heterocycles. The van der Waals surface area contributed by atoms with Gasteiger partial charge in [0.05, 0.1) is 4.90 Å². The zero-order valence-corrected chi connectivity index (χ0v) is 14.8. The Bertz CT molecular complexity index is 580. The molecule has 120 valence electrons. The Morgan fingerprint density at radius 2 is 1.71 bits per heavy atom. The standard InChI is InChI=1S/C16H28N2O2S/c1-11(2)14(5)9-18-21(19,20)16-8-15(10-17-6)12(3)7-13(16)4/h7-8,11,14,17-18H,9-10H2,1-6H3. The number of rotatable bonds is 7. The Balaban J connectivity index is 3.05. The van der Waals surface area contributed by atoms with Gasteiger partial charge in [-0.25, -0.2) is 13.1 Å². The van der Waals surface area contributed by atoms with Crippen molar-refractivity contribution in [2.24, 2.45) is 11.8 Å². The summed E-state index contributed by atoms with van der Waals surface area (Å²) in [5.41, 5.74) is 2.91. The highest BCUT2D eigenvalue weighted by atomic mass is 32.2. The molecule has 0 amide bonds. The Labute approximate surface area is 129 Å². The molecule has 1 rings (SSSR count). The molecular weight excluding hydrogens is 284 g/mol. The first-order chi connectivity index (χ1) is 9.69. The molecule has 1 aromatic rings. The maximum absolute atomic E-state index is 12.5. The fourth-order valence-corrected chi connectivity index (χ4v) is 3.52. The summed E-state index contributed by atoms with van der Waals surface area (Å²) in [7, 11) is -1.60. The Kier molecular flexibility index (Phi) is 6.38. The fourth-order valence-electron chi connectivity index (χ4n) is 2.10. The maximum atomic E-state index is 12.5. The van der Waals surface area contributed by atoms with Crippen LogP contribution in [0.2, 0.25) is 0 Å². The Hall–Kier alpha value is -0.910. The van der Waals surface area contributed by atoms with E-state index in [1.165, 1.54) is 0 Å². The van der Waals surface area contributed by atoms with Crippen LogP contribution in [0.25, 0.3) is 0 Å². The number of aryl methyl sites for hydroxylation is 2. The molecule has 0 saturated carbocycles. The molecule has 0 aliphatic carbocycles. The van der Waals surface area contributed by atoms with Gasteiger partial charge in [0.15, 0.2) is 0 Å². The van der Waals surface area contributed by atoms with E-state index in [-0.39, 0.29) is 0 Å². The van der Waals surface area contributed by atoms with Crippen LogP contribution in [-0.4, -0.2) is 22.0 Å². The number of benzene rings is 1. The van der Waals surface area contributed by atoms with Crippen LogP contribution in [0.1, 0.15) is 37.5 Å². The van der Waals surface area contributed by atoms with Crippen molar-refractivity contribution >= 4 is 10.0 Å². The van der Waals surface area contributed by atoms with E-state index in [9.17, 15) is 8.42 Å². The third kappa shape index (κ3) is 4.80. The third-order valence-electron chi connectivity index (χ3n) is 4.02. The second-order valence-electron chi connectivity index (χ2n) is 6.15. The summed E-state index contributed by atoms with van der Waals surface area (Å²) in [5.74, 6) is 0.758. The van der Waals surface area contributed by atoms with Gasteiger partial charge in [-0.15, -0.1) is 0 Å². The van der Waals surface area contributed by atoms with E-state index in [1.807, 2.05) is 27.0 Å².